The Morgan fingerprint density at radius 3 is 2.34 bits per heavy atom. The molecule has 1 amide bonds. The number of ketones is 2. The van der Waals surface area contributed by atoms with Crippen molar-refractivity contribution in [3.05, 3.63) is 52.6 Å². The second kappa shape index (κ2) is 7.67. The molecule has 7 nitrogen and oxygen atoms in total. The number of nitrogens with zero attached hydrogens (tertiary/aromatic N) is 1. The van der Waals surface area contributed by atoms with Crippen molar-refractivity contribution in [3.63, 3.8) is 0 Å². The van der Waals surface area contributed by atoms with Crippen LogP contribution in [0.4, 0.5) is 17.1 Å². The first kappa shape index (κ1) is 20.5. The van der Waals surface area contributed by atoms with Gasteiger partial charge in [-0.05, 0) is 18.2 Å². The van der Waals surface area contributed by atoms with E-state index >= 15 is 0 Å². The molecule has 0 aliphatic heterocycles. The molecule has 0 heterocycles. The monoisotopic (exact) mass is 395 g/mol. The number of fused-ring (bicyclic) bond motifs is 2. The van der Waals surface area contributed by atoms with Crippen molar-refractivity contribution in [2.45, 2.75) is 13.3 Å². The van der Waals surface area contributed by atoms with Crippen molar-refractivity contribution in [3.8, 4) is 0 Å². The lowest BCUT2D eigenvalue weighted by molar-refractivity contribution is -0.870. The van der Waals surface area contributed by atoms with Crippen LogP contribution in [-0.2, 0) is 4.79 Å². The smallest absolute Gasteiger partial charge is 0.221 e. The lowest BCUT2D eigenvalue weighted by Crippen LogP contribution is -2.36. The van der Waals surface area contributed by atoms with Gasteiger partial charge in [0.2, 0.25) is 5.91 Å². The number of benzene rings is 2. The molecule has 0 bridgehead atoms. The molecule has 29 heavy (non-hydrogen) atoms. The van der Waals surface area contributed by atoms with Gasteiger partial charge in [-0.1, -0.05) is 12.1 Å². The molecule has 4 N–H and O–H groups in total. The minimum absolute atomic E-state index is 0.209. The molecule has 2 aromatic rings. The fourth-order valence-electron chi connectivity index (χ4n) is 3.56. The number of amides is 1. The SMILES string of the molecule is CC(=O)Nc1cccc2c1C(=O)c1c(NCCC[N+](C)(C)C)ccc(N)c1C2=O. The predicted molar refractivity (Wildman–Crippen MR) is 114 cm³/mol. The van der Waals surface area contributed by atoms with Gasteiger partial charge in [0.25, 0.3) is 0 Å². The molecule has 0 atom stereocenters. The van der Waals surface area contributed by atoms with Crippen LogP contribution in [0.3, 0.4) is 0 Å². The molecule has 0 aromatic heterocycles. The summed E-state index contributed by atoms with van der Waals surface area (Å²) in [6.07, 6.45) is 0.901. The van der Waals surface area contributed by atoms with E-state index in [0.29, 0.717) is 17.9 Å². The number of quaternary nitrogens is 1. The minimum atomic E-state index is -0.319. The standard InChI is InChI=1S/C22H26N4O3/c1-13(27)25-17-8-5-7-14-18(17)22(29)20-16(24-11-6-12-26(2,3)4)10-9-15(23)19(20)21(14)28/h5,7-10H,6,11-12H2,1-4H3,(H3-,23,24,25,27,28,29)/p+1. The van der Waals surface area contributed by atoms with E-state index in [1.54, 1.807) is 30.3 Å². The lowest BCUT2D eigenvalue weighted by Gasteiger charge is -2.25. The number of carbonyl (C=O) groups is 3. The van der Waals surface area contributed by atoms with Crippen molar-refractivity contribution >= 4 is 34.5 Å². The average molecular weight is 395 g/mol. The summed E-state index contributed by atoms with van der Waals surface area (Å²) in [7, 11) is 6.36. The molecule has 1 aliphatic rings. The zero-order chi connectivity index (χ0) is 21.3. The Labute approximate surface area is 170 Å². The van der Waals surface area contributed by atoms with Crippen molar-refractivity contribution < 1.29 is 18.9 Å². The number of carbonyl (C=O) groups excluding carboxylic acids is 3. The molecule has 0 spiro atoms. The van der Waals surface area contributed by atoms with Gasteiger partial charge in [-0.25, -0.2) is 0 Å². The summed E-state index contributed by atoms with van der Waals surface area (Å²) in [6, 6.07) is 8.23. The number of nitrogen functional groups attached to an aromatic ring is 1. The molecule has 2 aromatic carbocycles. The van der Waals surface area contributed by atoms with Gasteiger partial charge in [-0.2, -0.15) is 0 Å². The molecule has 0 unspecified atom stereocenters. The third kappa shape index (κ3) is 4.14. The Hall–Kier alpha value is -3.19. The average Bonchev–Trinajstić information content (AvgIpc) is 2.62. The minimum Gasteiger partial charge on any atom is -0.398 e. The summed E-state index contributed by atoms with van der Waals surface area (Å²) < 4.78 is 0.840. The summed E-state index contributed by atoms with van der Waals surface area (Å²) in [5.41, 5.74) is 8.21. The molecular weight excluding hydrogens is 368 g/mol. The third-order valence-electron chi connectivity index (χ3n) is 4.86. The molecule has 7 heteroatoms. The first-order valence-electron chi connectivity index (χ1n) is 9.57. The van der Waals surface area contributed by atoms with Crippen molar-refractivity contribution in [1.29, 1.82) is 0 Å². The molecule has 152 valence electrons. The Morgan fingerprint density at radius 2 is 1.69 bits per heavy atom. The summed E-state index contributed by atoms with van der Waals surface area (Å²) in [5, 5.41) is 5.94. The second-order valence-electron chi connectivity index (χ2n) is 8.31. The summed E-state index contributed by atoms with van der Waals surface area (Å²) >= 11 is 0. The highest BCUT2D eigenvalue weighted by Gasteiger charge is 2.35. The van der Waals surface area contributed by atoms with Gasteiger partial charge in [0.05, 0.1) is 50.1 Å². The fraction of sp³-hybridized carbons (Fsp3) is 0.318. The molecule has 1 aliphatic carbocycles. The Balaban J connectivity index is 2.02. The maximum Gasteiger partial charge on any atom is 0.221 e. The van der Waals surface area contributed by atoms with Gasteiger partial charge >= 0.3 is 0 Å². The van der Waals surface area contributed by atoms with Gasteiger partial charge in [0.15, 0.2) is 11.6 Å². The van der Waals surface area contributed by atoms with Crippen molar-refractivity contribution in [1.82, 2.24) is 0 Å². The van der Waals surface area contributed by atoms with E-state index in [1.165, 1.54) is 6.92 Å². The van der Waals surface area contributed by atoms with Gasteiger partial charge in [-0.15, -0.1) is 0 Å². The van der Waals surface area contributed by atoms with E-state index in [0.717, 1.165) is 17.4 Å². The largest absolute Gasteiger partial charge is 0.398 e. The quantitative estimate of drug-likeness (QED) is 0.338. The van der Waals surface area contributed by atoms with Crippen LogP contribution in [0.1, 0.15) is 45.2 Å². The number of nitrogens with two attached hydrogens (primary N) is 1. The maximum atomic E-state index is 13.4. The zero-order valence-corrected chi connectivity index (χ0v) is 17.3. The highest BCUT2D eigenvalue weighted by atomic mass is 16.2. The fourth-order valence-corrected chi connectivity index (χ4v) is 3.56. The first-order valence-corrected chi connectivity index (χ1v) is 9.57. The van der Waals surface area contributed by atoms with E-state index in [2.05, 4.69) is 31.8 Å². The third-order valence-corrected chi connectivity index (χ3v) is 4.86. The summed E-state index contributed by atoms with van der Waals surface area (Å²) in [4.78, 5) is 38.1. The van der Waals surface area contributed by atoms with Crippen LogP contribution >= 0.6 is 0 Å². The number of hydrogen-bond acceptors (Lipinski definition) is 5. The van der Waals surface area contributed by atoms with Gasteiger partial charge in [0.1, 0.15) is 0 Å². The molecule has 3 rings (SSSR count). The van der Waals surface area contributed by atoms with Gasteiger partial charge < -0.3 is 20.9 Å². The van der Waals surface area contributed by atoms with Crippen LogP contribution in [0.5, 0.6) is 0 Å². The first-order chi connectivity index (χ1) is 13.6. The summed E-state index contributed by atoms with van der Waals surface area (Å²) in [6.45, 7) is 2.99. The second-order valence-corrected chi connectivity index (χ2v) is 8.31. The maximum absolute atomic E-state index is 13.4. The van der Waals surface area contributed by atoms with E-state index in [-0.39, 0.29) is 45.4 Å². The molecule has 0 saturated carbocycles. The number of rotatable bonds is 6. The topological polar surface area (TPSA) is 101 Å². The molecular formula is C22H27N4O3+. The van der Waals surface area contributed by atoms with Gasteiger partial charge in [-0.3, -0.25) is 14.4 Å². The van der Waals surface area contributed by atoms with Crippen LogP contribution in [0.2, 0.25) is 0 Å². The Kier molecular flexibility index (Phi) is 5.44. The lowest BCUT2D eigenvalue weighted by atomic mass is 9.81. The normalized spacial score (nSPS) is 13.0. The van der Waals surface area contributed by atoms with E-state index in [4.69, 9.17) is 5.73 Å². The van der Waals surface area contributed by atoms with Crippen molar-refractivity contribution in [2.24, 2.45) is 0 Å². The highest BCUT2D eigenvalue weighted by Crippen LogP contribution is 2.38. The number of hydrogen-bond donors (Lipinski definition) is 3. The van der Waals surface area contributed by atoms with Crippen LogP contribution in [0.15, 0.2) is 30.3 Å². The van der Waals surface area contributed by atoms with E-state index in [9.17, 15) is 14.4 Å². The predicted octanol–water partition coefficient (Wildman–Crippen LogP) is 2.51. The van der Waals surface area contributed by atoms with E-state index in [1.807, 2.05) is 0 Å². The molecule has 0 fully saturated rings. The Bertz CT molecular complexity index is 1010. The molecule has 0 saturated heterocycles. The van der Waals surface area contributed by atoms with Crippen LogP contribution in [0.25, 0.3) is 0 Å². The zero-order valence-electron chi connectivity index (χ0n) is 17.3. The van der Waals surface area contributed by atoms with Gasteiger partial charge in [0, 0.05) is 36.8 Å². The number of nitrogens with one attached hydrogen (secondary N) is 2. The van der Waals surface area contributed by atoms with Crippen LogP contribution in [0, 0.1) is 0 Å². The Morgan fingerprint density at radius 1 is 0.966 bits per heavy atom. The highest BCUT2D eigenvalue weighted by molar-refractivity contribution is 6.33. The van der Waals surface area contributed by atoms with E-state index < -0.39 is 0 Å². The van der Waals surface area contributed by atoms with Crippen LogP contribution < -0.4 is 16.4 Å². The van der Waals surface area contributed by atoms with Crippen molar-refractivity contribution in [2.75, 3.05) is 50.6 Å². The molecule has 0 radical (unpaired) electrons. The summed E-state index contributed by atoms with van der Waals surface area (Å²) in [5.74, 6) is -0.940. The number of anilines is 3. The van der Waals surface area contributed by atoms with Crippen LogP contribution in [-0.4, -0.2) is 56.2 Å².